The Labute approximate surface area is 126 Å². The average molecular weight is 291 g/mol. The number of aromatic nitrogens is 1. The average Bonchev–Trinajstić information content (AvgIpc) is 2.83. The second kappa shape index (κ2) is 6.19. The fourth-order valence-corrected chi connectivity index (χ4v) is 3.55. The zero-order valence-electron chi connectivity index (χ0n) is 12.2. The molecule has 0 atom stereocenters. The molecular weight excluding hydrogens is 268 g/mol. The molecule has 20 heavy (non-hydrogen) atoms. The Bertz CT molecular complexity index is 582. The molecule has 1 aromatic heterocycles. The van der Waals surface area contributed by atoms with Crippen LogP contribution >= 0.6 is 11.6 Å². The molecule has 1 aliphatic heterocycles. The van der Waals surface area contributed by atoms with E-state index in [4.69, 9.17) is 11.6 Å². The third-order valence-corrected chi connectivity index (χ3v) is 4.60. The number of hydrogen-bond acceptors (Lipinski definition) is 1. The highest BCUT2D eigenvalue weighted by molar-refractivity contribution is 6.31. The zero-order chi connectivity index (χ0) is 13.9. The largest absolute Gasteiger partial charge is 0.347 e. The van der Waals surface area contributed by atoms with Gasteiger partial charge in [0.25, 0.3) is 0 Å². The Morgan fingerprint density at radius 1 is 1.10 bits per heavy atom. The Hall–Kier alpha value is -0.990. The van der Waals surface area contributed by atoms with Gasteiger partial charge in [-0.3, -0.25) is 0 Å². The SMILES string of the molecule is Cc1cc(Cl)cc2c1ccn2CCCN1CCCCC1. The highest BCUT2D eigenvalue weighted by Crippen LogP contribution is 2.24. The number of fused-ring (bicyclic) bond motifs is 1. The van der Waals surface area contributed by atoms with Crippen LogP contribution in [-0.4, -0.2) is 29.1 Å². The maximum absolute atomic E-state index is 6.19. The van der Waals surface area contributed by atoms with Crippen LogP contribution in [0.15, 0.2) is 24.4 Å². The summed E-state index contributed by atoms with van der Waals surface area (Å²) < 4.78 is 2.35. The first-order valence-electron chi connectivity index (χ1n) is 7.71. The molecule has 0 amide bonds. The van der Waals surface area contributed by atoms with Crippen molar-refractivity contribution in [3.8, 4) is 0 Å². The summed E-state index contributed by atoms with van der Waals surface area (Å²) in [6, 6.07) is 6.34. The molecule has 2 aromatic rings. The first-order chi connectivity index (χ1) is 9.74. The molecule has 3 rings (SSSR count). The van der Waals surface area contributed by atoms with Gasteiger partial charge in [0.1, 0.15) is 0 Å². The minimum Gasteiger partial charge on any atom is -0.347 e. The molecule has 0 N–H and O–H groups in total. The molecular formula is C17H23ClN2. The van der Waals surface area contributed by atoms with Crippen molar-refractivity contribution < 1.29 is 0 Å². The van der Waals surface area contributed by atoms with Crippen molar-refractivity contribution in [3.63, 3.8) is 0 Å². The number of piperidine rings is 1. The van der Waals surface area contributed by atoms with Gasteiger partial charge >= 0.3 is 0 Å². The fraction of sp³-hybridized carbons (Fsp3) is 0.529. The number of nitrogens with zero attached hydrogens (tertiary/aromatic N) is 2. The molecule has 3 heteroatoms. The van der Waals surface area contributed by atoms with E-state index in [1.54, 1.807) is 0 Å². The van der Waals surface area contributed by atoms with Crippen LogP contribution in [0.5, 0.6) is 0 Å². The van der Waals surface area contributed by atoms with Crippen molar-refractivity contribution in [2.75, 3.05) is 19.6 Å². The van der Waals surface area contributed by atoms with Crippen molar-refractivity contribution in [3.05, 3.63) is 35.0 Å². The predicted molar refractivity (Wildman–Crippen MR) is 86.6 cm³/mol. The van der Waals surface area contributed by atoms with E-state index in [0.717, 1.165) is 11.6 Å². The standard InChI is InChI=1S/C17H23ClN2/c1-14-12-15(18)13-17-16(14)6-11-20(17)10-5-9-19-7-3-2-4-8-19/h6,11-13H,2-5,7-10H2,1H3. The number of aryl methyl sites for hydroxylation is 2. The summed E-state index contributed by atoms with van der Waals surface area (Å²) in [7, 11) is 0. The zero-order valence-corrected chi connectivity index (χ0v) is 13.0. The van der Waals surface area contributed by atoms with E-state index in [2.05, 4.69) is 34.7 Å². The van der Waals surface area contributed by atoms with E-state index in [1.807, 2.05) is 6.07 Å². The van der Waals surface area contributed by atoms with E-state index < -0.39 is 0 Å². The summed E-state index contributed by atoms with van der Waals surface area (Å²) in [6.45, 7) is 7.01. The van der Waals surface area contributed by atoms with Gasteiger partial charge in [0.2, 0.25) is 0 Å². The van der Waals surface area contributed by atoms with Crippen LogP contribution in [0.1, 0.15) is 31.2 Å². The first-order valence-corrected chi connectivity index (χ1v) is 8.09. The van der Waals surface area contributed by atoms with Crippen molar-refractivity contribution in [2.45, 2.75) is 39.2 Å². The fourth-order valence-electron chi connectivity index (χ4n) is 3.28. The van der Waals surface area contributed by atoms with Gasteiger partial charge in [-0.2, -0.15) is 0 Å². The third kappa shape index (κ3) is 3.02. The summed E-state index contributed by atoms with van der Waals surface area (Å²) in [5.74, 6) is 0. The minimum absolute atomic E-state index is 0.839. The normalized spacial score (nSPS) is 16.9. The summed E-state index contributed by atoms with van der Waals surface area (Å²) in [5.41, 5.74) is 2.54. The Morgan fingerprint density at radius 2 is 1.90 bits per heavy atom. The lowest BCUT2D eigenvalue weighted by Crippen LogP contribution is -2.31. The molecule has 0 bridgehead atoms. The number of likely N-dealkylation sites (tertiary alicyclic amines) is 1. The van der Waals surface area contributed by atoms with Crippen LogP contribution in [0.2, 0.25) is 5.02 Å². The quantitative estimate of drug-likeness (QED) is 0.806. The summed E-state index contributed by atoms with van der Waals surface area (Å²) in [4.78, 5) is 2.60. The van der Waals surface area contributed by atoms with Gasteiger partial charge < -0.3 is 9.47 Å². The van der Waals surface area contributed by atoms with Crippen LogP contribution in [0.3, 0.4) is 0 Å². The Morgan fingerprint density at radius 3 is 2.70 bits per heavy atom. The van der Waals surface area contributed by atoms with Crippen LogP contribution in [-0.2, 0) is 6.54 Å². The minimum atomic E-state index is 0.839. The molecule has 0 spiro atoms. The van der Waals surface area contributed by atoms with Crippen molar-refractivity contribution in [2.24, 2.45) is 0 Å². The second-order valence-electron chi connectivity index (χ2n) is 5.92. The second-order valence-corrected chi connectivity index (χ2v) is 6.36. The van der Waals surface area contributed by atoms with Crippen LogP contribution < -0.4 is 0 Å². The summed E-state index contributed by atoms with van der Waals surface area (Å²) in [6.07, 6.45) is 7.58. The van der Waals surface area contributed by atoms with Gasteiger partial charge in [-0.1, -0.05) is 18.0 Å². The maximum atomic E-state index is 6.19. The lowest BCUT2D eigenvalue weighted by Gasteiger charge is -2.26. The van der Waals surface area contributed by atoms with Gasteiger partial charge in [-0.15, -0.1) is 0 Å². The maximum Gasteiger partial charge on any atom is 0.0497 e. The number of rotatable bonds is 4. The molecule has 0 saturated carbocycles. The van der Waals surface area contributed by atoms with E-state index in [0.29, 0.717) is 0 Å². The van der Waals surface area contributed by atoms with Gasteiger partial charge in [0.15, 0.2) is 0 Å². The molecule has 1 fully saturated rings. The van der Waals surface area contributed by atoms with Crippen molar-refractivity contribution in [1.82, 2.24) is 9.47 Å². The number of hydrogen-bond donors (Lipinski definition) is 0. The molecule has 0 unspecified atom stereocenters. The number of halogens is 1. The summed E-state index contributed by atoms with van der Waals surface area (Å²) in [5, 5.41) is 2.17. The van der Waals surface area contributed by atoms with Crippen LogP contribution in [0, 0.1) is 6.92 Å². The Kier molecular flexibility index (Phi) is 4.32. The number of benzene rings is 1. The van der Waals surface area contributed by atoms with Gasteiger partial charge in [-0.05, 0) is 69.6 Å². The molecule has 1 aromatic carbocycles. The van der Waals surface area contributed by atoms with Crippen LogP contribution in [0.25, 0.3) is 10.9 Å². The lowest BCUT2D eigenvalue weighted by molar-refractivity contribution is 0.223. The topological polar surface area (TPSA) is 8.17 Å². The molecule has 0 aliphatic carbocycles. The van der Waals surface area contributed by atoms with E-state index in [-0.39, 0.29) is 0 Å². The van der Waals surface area contributed by atoms with Gasteiger partial charge in [0.05, 0.1) is 0 Å². The third-order valence-electron chi connectivity index (χ3n) is 4.38. The molecule has 1 saturated heterocycles. The first kappa shape index (κ1) is 14.0. The van der Waals surface area contributed by atoms with E-state index in [1.165, 1.54) is 61.8 Å². The molecule has 1 aliphatic rings. The highest BCUT2D eigenvalue weighted by Gasteiger charge is 2.10. The van der Waals surface area contributed by atoms with E-state index in [9.17, 15) is 0 Å². The van der Waals surface area contributed by atoms with Gasteiger partial charge in [-0.25, -0.2) is 0 Å². The molecule has 108 valence electrons. The van der Waals surface area contributed by atoms with Crippen molar-refractivity contribution in [1.29, 1.82) is 0 Å². The smallest absolute Gasteiger partial charge is 0.0497 e. The highest BCUT2D eigenvalue weighted by atomic mass is 35.5. The lowest BCUT2D eigenvalue weighted by atomic mass is 10.1. The summed E-state index contributed by atoms with van der Waals surface area (Å²) >= 11 is 6.19. The monoisotopic (exact) mass is 290 g/mol. The van der Waals surface area contributed by atoms with Crippen molar-refractivity contribution >= 4 is 22.5 Å². The predicted octanol–water partition coefficient (Wildman–Crippen LogP) is 4.48. The molecule has 2 heterocycles. The molecule has 2 nitrogen and oxygen atoms in total. The van der Waals surface area contributed by atoms with E-state index >= 15 is 0 Å². The van der Waals surface area contributed by atoms with Gasteiger partial charge in [0, 0.05) is 28.7 Å². The van der Waals surface area contributed by atoms with Crippen LogP contribution in [0.4, 0.5) is 0 Å². The Balaban J connectivity index is 1.65. The molecule has 0 radical (unpaired) electrons.